The first-order valence-corrected chi connectivity index (χ1v) is 11.5. The van der Waals surface area contributed by atoms with Crippen LogP contribution in [0.25, 0.3) is 0 Å². The summed E-state index contributed by atoms with van der Waals surface area (Å²) in [7, 11) is -3.74. The van der Waals surface area contributed by atoms with Crippen molar-refractivity contribution in [1.29, 1.82) is 0 Å². The van der Waals surface area contributed by atoms with Crippen molar-refractivity contribution in [3.05, 3.63) is 41.5 Å². The Morgan fingerprint density at radius 3 is 2.13 bits per heavy atom. The average molecular weight is 436 g/mol. The second-order valence-corrected chi connectivity index (χ2v) is 9.44. The van der Waals surface area contributed by atoms with Crippen molar-refractivity contribution in [1.82, 2.24) is 14.3 Å². The van der Waals surface area contributed by atoms with Gasteiger partial charge in [0.2, 0.25) is 10.0 Å². The van der Waals surface area contributed by atoms with Crippen LogP contribution >= 0.6 is 0 Å². The molecule has 1 aromatic heterocycles. The first-order valence-electron chi connectivity index (χ1n) is 10.0. The fraction of sp³-hybridized carbons (Fsp3) is 0.500. The number of sulfonamides is 1. The monoisotopic (exact) mass is 435 g/mol. The molecule has 0 spiro atoms. The predicted octanol–water partition coefficient (Wildman–Crippen LogP) is 1.58. The summed E-state index contributed by atoms with van der Waals surface area (Å²) < 4.78 is 46.5. The molecule has 2 fully saturated rings. The molecule has 0 atom stereocenters. The van der Waals surface area contributed by atoms with E-state index in [0.29, 0.717) is 50.8 Å². The maximum atomic E-state index is 13.6. The third kappa shape index (κ3) is 4.26. The molecule has 2 aliphatic heterocycles. The van der Waals surface area contributed by atoms with Crippen molar-refractivity contribution < 1.29 is 17.5 Å². The van der Waals surface area contributed by atoms with Crippen LogP contribution in [0.1, 0.15) is 11.4 Å². The van der Waals surface area contributed by atoms with Crippen molar-refractivity contribution in [2.75, 3.05) is 62.3 Å². The summed E-state index contributed by atoms with van der Waals surface area (Å²) in [6.07, 6.45) is 0. The highest BCUT2D eigenvalue weighted by atomic mass is 32.2. The van der Waals surface area contributed by atoms with Crippen LogP contribution in [-0.4, -0.2) is 75.2 Å². The van der Waals surface area contributed by atoms with E-state index < -0.39 is 15.8 Å². The molecule has 0 saturated carbocycles. The van der Waals surface area contributed by atoms with E-state index in [1.807, 2.05) is 13.0 Å². The third-order valence-electron chi connectivity index (χ3n) is 5.48. The maximum absolute atomic E-state index is 13.6. The maximum Gasteiger partial charge on any atom is 0.243 e. The lowest BCUT2D eigenvalue weighted by molar-refractivity contribution is 0.122. The van der Waals surface area contributed by atoms with Gasteiger partial charge in [0.05, 0.1) is 18.1 Å². The third-order valence-corrected chi connectivity index (χ3v) is 7.52. The van der Waals surface area contributed by atoms with Gasteiger partial charge in [-0.2, -0.15) is 4.31 Å². The zero-order chi connectivity index (χ0) is 21.3. The van der Waals surface area contributed by atoms with Crippen molar-refractivity contribution in [2.24, 2.45) is 0 Å². The fourth-order valence-corrected chi connectivity index (χ4v) is 5.46. The van der Waals surface area contributed by atoms with E-state index in [1.54, 1.807) is 6.92 Å². The van der Waals surface area contributed by atoms with E-state index in [2.05, 4.69) is 19.8 Å². The predicted molar refractivity (Wildman–Crippen MR) is 112 cm³/mol. The van der Waals surface area contributed by atoms with Crippen molar-refractivity contribution in [3.8, 4) is 0 Å². The summed E-state index contributed by atoms with van der Waals surface area (Å²) in [6.45, 7) is 8.11. The van der Waals surface area contributed by atoms with E-state index in [-0.39, 0.29) is 4.90 Å². The molecule has 1 aromatic carbocycles. The molecule has 2 saturated heterocycles. The Kier molecular flexibility index (Phi) is 5.90. The first kappa shape index (κ1) is 21.0. The summed E-state index contributed by atoms with van der Waals surface area (Å²) in [5.74, 6) is 1.79. The van der Waals surface area contributed by atoms with Crippen molar-refractivity contribution >= 4 is 21.7 Å². The molecule has 162 valence electrons. The van der Waals surface area contributed by atoms with E-state index in [1.165, 1.54) is 16.4 Å². The summed E-state index contributed by atoms with van der Waals surface area (Å²) >= 11 is 0. The zero-order valence-electron chi connectivity index (χ0n) is 17.2. The average Bonchev–Trinajstić information content (AvgIpc) is 2.75. The number of hydrogen-bond donors (Lipinski definition) is 0. The highest BCUT2D eigenvalue weighted by Crippen LogP contribution is 2.25. The number of aromatic nitrogens is 2. The number of piperazine rings is 1. The van der Waals surface area contributed by atoms with Gasteiger partial charge in [-0.25, -0.2) is 22.8 Å². The number of rotatable bonds is 4. The van der Waals surface area contributed by atoms with Crippen molar-refractivity contribution in [2.45, 2.75) is 18.7 Å². The number of nitrogens with zero attached hydrogens (tertiary/aromatic N) is 5. The lowest BCUT2D eigenvalue weighted by Crippen LogP contribution is -2.49. The van der Waals surface area contributed by atoms with Gasteiger partial charge in [-0.1, -0.05) is 6.07 Å². The number of morpholine rings is 1. The number of ether oxygens (including phenoxy) is 1. The van der Waals surface area contributed by atoms with E-state index in [0.717, 1.165) is 30.8 Å². The van der Waals surface area contributed by atoms with Gasteiger partial charge in [-0.05, 0) is 31.5 Å². The van der Waals surface area contributed by atoms with E-state index >= 15 is 0 Å². The number of halogens is 1. The minimum Gasteiger partial charge on any atom is -0.378 e. The second-order valence-electron chi connectivity index (χ2n) is 7.53. The zero-order valence-corrected chi connectivity index (χ0v) is 18.0. The lowest BCUT2D eigenvalue weighted by Gasteiger charge is -2.35. The Labute approximate surface area is 176 Å². The molecule has 0 amide bonds. The van der Waals surface area contributed by atoms with Gasteiger partial charge in [0.15, 0.2) is 0 Å². The van der Waals surface area contributed by atoms with E-state index in [4.69, 9.17) is 4.74 Å². The lowest BCUT2D eigenvalue weighted by atomic mass is 10.2. The number of anilines is 2. The Hall–Kier alpha value is -2.30. The number of aryl methyl sites for hydroxylation is 2. The minimum atomic E-state index is -3.74. The van der Waals surface area contributed by atoms with Gasteiger partial charge in [-0.3, -0.25) is 0 Å². The topological polar surface area (TPSA) is 78.9 Å². The Morgan fingerprint density at radius 2 is 1.50 bits per heavy atom. The second kappa shape index (κ2) is 8.44. The van der Waals surface area contributed by atoms with Crippen LogP contribution in [-0.2, 0) is 14.8 Å². The molecule has 30 heavy (non-hydrogen) atoms. The molecule has 2 aromatic rings. The smallest absolute Gasteiger partial charge is 0.243 e. The minimum absolute atomic E-state index is 0.0310. The van der Waals surface area contributed by atoms with Crippen LogP contribution in [0, 0.1) is 19.7 Å². The molecule has 10 heteroatoms. The van der Waals surface area contributed by atoms with Crippen LogP contribution in [0.3, 0.4) is 0 Å². The fourth-order valence-electron chi connectivity index (χ4n) is 3.80. The number of benzene rings is 1. The molecule has 0 radical (unpaired) electrons. The van der Waals surface area contributed by atoms with Gasteiger partial charge in [0.25, 0.3) is 0 Å². The van der Waals surface area contributed by atoms with Crippen LogP contribution < -0.4 is 9.80 Å². The quantitative estimate of drug-likeness (QED) is 0.722. The van der Waals surface area contributed by atoms with Gasteiger partial charge >= 0.3 is 0 Å². The molecule has 3 heterocycles. The molecule has 2 aliphatic rings. The Bertz CT molecular complexity index is 1020. The summed E-state index contributed by atoms with van der Waals surface area (Å²) in [6, 6.07) is 5.82. The molecule has 0 unspecified atom stereocenters. The highest BCUT2D eigenvalue weighted by molar-refractivity contribution is 7.89. The highest BCUT2D eigenvalue weighted by Gasteiger charge is 2.30. The van der Waals surface area contributed by atoms with E-state index in [9.17, 15) is 12.8 Å². The Morgan fingerprint density at radius 1 is 0.900 bits per heavy atom. The van der Waals surface area contributed by atoms with Crippen molar-refractivity contribution in [3.63, 3.8) is 0 Å². The molecule has 0 aliphatic carbocycles. The van der Waals surface area contributed by atoms with Gasteiger partial charge in [0, 0.05) is 45.3 Å². The van der Waals surface area contributed by atoms with Crippen LogP contribution in [0.15, 0.2) is 29.2 Å². The molecule has 0 N–H and O–H groups in total. The summed E-state index contributed by atoms with van der Waals surface area (Å²) in [5, 5.41) is 0. The van der Waals surface area contributed by atoms with Gasteiger partial charge < -0.3 is 14.5 Å². The van der Waals surface area contributed by atoms with Crippen LogP contribution in [0.2, 0.25) is 0 Å². The van der Waals surface area contributed by atoms with Crippen LogP contribution in [0.5, 0.6) is 0 Å². The molecular formula is C20H26FN5O3S. The first-order chi connectivity index (χ1) is 14.3. The SMILES string of the molecule is Cc1nc(N2CCOCC2)cc(N2CCN(S(=O)(=O)c3cc(F)ccc3C)CC2)n1. The molecular weight excluding hydrogens is 409 g/mol. The standard InChI is InChI=1S/C20H26FN5O3S/c1-15-3-4-17(21)13-18(15)30(27,28)26-7-5-24(6-8-26)19-14-20(23-16(2)22-19)25-9-11-29-12-10-25/h3-4,13-14H,5-12H2,1-2H3. The van der Waals surface area contributed by atoms with Crippen LogP contribution in [0.4, 0.5) is 16.0 Å². The molecule has 4 rings (SSSR count). The van der Waals surface area contributed by atoms with Gasteiger partial charge in [-0.15, -0.1) is 0 Å². The molecule has 0 bridgehead atoms. The summed E-state index contributed by atoms with van der Waals surface area (Å²) in [5.41, 5.74) is 0.542. The Balaban J connectivity index is 1.49. The summed E-state index contributed by atoms with van der Waals surface area (Å²) in [4.78, 5) is 13.4. The molecule has 8 nitrogen and oxygen atoms in total. The van der Waals surface area contributed by atoms with Gasteiger partial charge in [0.1, 0.15) is 23.3 Å². The largest absolute Gasteiger partial charge is 0.378 e. The number of hydrogen-bond acceptors (Lipinski definition) is 7. The normalized spacial score (nSPS) is 18.6.